The zero-order valence-corrected chi connectivity index (χ0v) is 10.7. The third kappa shape index (κ3) is 2.42. The molecule has 2 fully saturated rings. The van der Waals surface area contributed by atoms with Gasteiger partial charge in [0.05, 0.1) is 18.4 Å². The Bertz CT molecular complexity index is 484. The topological polar surface area (TPSA) is 68.7 Å². The molecular formula is C14H17NO4. The second kappa shape index (κ2) is 4.81. The van der Waals surface area contributed by atoms with Crippen LogP contribution in [0.5, 0.6) is 5.75 Å². The fourth-order valence-corrected chi connectivity index (χ4v) is 2.83. The molecule has 102 valence electrons. The molecule has 1 saturated heterocycles. The number of aromatic carboxylic acids is 1. The second-order valence-corrected chi connectivity index (χ2v) is 5.29. The highest BCUT2D eigenvalue weighted by molar-refractivity contribution is 5.90. The number of nitrogens with zero attached hydrogens (tertiary/aromatic N) is 1. The lowest BCUT2D eigenvalue weighted by Crippen LogP contribution is -2.48. The van der Waals surface area contributed by atoms with Crippen molar-refractivity contribution in [2.75, 3.05) is 6.61 Å². The molecule has 5 heteroatoms. The number of hydrogen-bond acceptors (Lipinski definition) is 4. The van der Waals surface area contributed by atoms with E-state index < -0.39 is 5.97 Å². The summed E-state index contributed by atoms with van der Waals surface area (Å²) in [7, 11) is 0. The number of hydrogen-bond donors (Lipinski definition) is 1. The van der Waals surface area contributed by atoms with Crippen LogP contribution in [0, 0.1) is 0 Å². The van der Waals surface area contributed by atoms with Crippen molar-refractivity contribution in [3.8, 4) is 5.75 Å². The number of pyridine rings is 1. The smallest absolute Gasteiger partial charge is 0.339 e. The SMILES string of the molecule is O=C(O)c1ccncc1OC1CCOC2(CCC2)C1. The van der Waals surface area contributed by atoms with Crippen molar-refractivity contribution < 1.29 is 19.4 Å². The Morgan fingerprint density at radius 1 is 1.53 bits per heavy atom. The summed E-state index contributed by atoms with van der Waals surface area (Å²) in [4.78, 5) is 15.1. The molecule has 0 bridgehead atoms. The number of rotatable bonds is 3. The van der Waals surface area contributed by atoms with Crippen LogP contribution in [-0.4, -0.2) is 34.4 Å². The van der Waals surface area contributed by atoms with Crippen LogP contribution < -0.4 is 4.74 Å². The van der Waals surface area contributed by atoms with Gasteiger partial charge in [0, 0.05) is 19.0 Å². The molecule has 2 aliphatic rings. The number of ether oxygens (including phenoxy) is 2. The molecule has 1 atom stereocenters. The molecule has 1 aromatic heterocycles. The Morgan fingerprint density at radius 2 is 2.37 bits per heavy atom. The van der Waals surface area contributed by atoms with Crippen LogP contribution in [0.25, 0.3) is 0 Å². The third-order valence-corrected chi connectivity index (χ3v) is 4.02. The first kappa shape index (κ1) is 12.4. The lowest BCUT2D eigenvalue weighted by atomic mass is 9.74. The molecule has 1 aromatic rings. The Hall–Kier alpha value is -1.62. The Balaban J connectivity index is 1.72. The average Bonchev–Trinajstić information content (AvgIpc) is 2.37. The van der Waals surface area contributed by atoms with Gasteiger partial charge in [-0.25, -0.2) is 4.79 Å². The Labute approximate surface area is 111 Å². The second-order valence-electron chi connectivity index (χ2n) is 5.29. The van der Waals surface area contributed by atoms with Gasteiger partial charge >= 0.3 is 5.97 Å². The summed E-state index contributed by atoms with van der Waals surface area (Å²) in [6.45, 7) is 0.688. The molecule has 19 heavy (non-hydrogen) atoms. The number of carboxylic acids is 1. The van der Waals surface area contributed by atoms with Crippen LogP contribution in [0.4, 0.5) is 0 Å². The Kier molecular flexibility index (Phi) is 3.14. The fraction of sp³-hybridized carbons (Fsp3) is 0.571. The molecule has 1 spiro atoms. The van der Waals surface area contributed by atoms with Crippen molar-refractivity contribution in [1.82, 2.24) is 4.98 Å². The molecule has 1 aliphatic carbocycles. The van der Waals surface area contributed by atoms with Gasteiger partial charge in [-0.15, -0.1) is 0 Å². The predicted octanol–water partition coefficient (Wildman–Crippen LogP) is 2.26. The highest BCUT2D eigenvalue weighted by Gasteiger charge is 2.43. The van der Waals surface area contributed by atoms with Crippen molar-refractivity contribution in [2.45, 2.75) is 43.8 Å². The van der Waals surface area contributed by atoms with E-state index in [2.05, 4.69) is 4.98 Å². The predicted molar refractivity (Wildman–Crippen MR) is 67.4 cm³/mol. The van der Waals surface area contributed by atoms with Gasteiger partial charge < -0.3 is 14.6 Å². The summed E-state index contributed by atoms with van der Waals surface area (Å²) in [6, 6.07) is 1.47. The monoisotopic (exact) mass is 263 g/mol. The molecular weight excluding hydrogens is 246 g/mol. The first-order valence-corrected chi connectivity index (χ1v) is 6.66. The van der Waals surface area contributed by atoms with Gasteiger partial charge in [0.15, 0.2) is 5.75 Å². The lowest BCUT2D eigenvalue weighted by molar-refractivity contribution is -0.153. The van der Waals surface area contributed by atoms with E-state index in [0.29, 0.717) is 12.4 Å². The van der Waals surface area contributed by atoms with Crippen LogP contribution in [0.3, 0.4) is 0 Å². The minimum Gasteiger partial charge on any atom is -0.488 e. The van der Waals surface area contributed by atoms with Crippen LogP contribution >= 0.6 is 0 Å². The van der Waals surface area contributed by atoms with E-state index in [1.165, 1.54) is 24.9 Å². The normalized spacial score (nSPS) is 24.7. The molecule has 2 heterocycles. The fourth-order valence-electron chi connectivity index (χ4n) is 2.83. The molecule has 1 N–H and O–H groups in total. The zero-order valence-electron chi connectivity index (χ0n) is 10.7. The molecule has 1 unspecified atom stereocenters. The molecule has 3 rings (SSSR count). The van der Waals surface area contributed by atoms with Crippen LogP contribution in [0.1, 0.15) is 42.5 Å². The van der Waals surface area contributed by atoms with Gasteiger partial charge in [0.1, 0.15) is 11.7 Å². The maximum absolute atomic E-state index is 11.1. The summed E-state index contributed by atoms with van der Waals surface area (Å²) in [5.41, 5.74) is 0.165. The van der Waals surface area contributed by atoms with Crippen molar-refractivity contribution >= 4 is 5.97 Å². The van der Waals surface area contributed by atoms with E-state index in [1.807, 2.05) is 0 Å². The van der Waals surface area contributed by atoms with Crippen molar-refractivity contribution in [2.24, 2.45) is 0 Å². The number of carboxylic acid groups (broad SMARTS) is 1. The third-order valence-electron chi connectivity index (χ3n) is 4.02. The van der Waals surface area contributed by atoms with E-state index in [1.54, 1.807) is 0 Å². The highest BCUT2D eigenvalue weighted by Crippen LogP contribution is 2.43. The van der Waals surface area contributed by atoms with E-state index in [-0.39, 0.29) is 17.3 Å². The summed E-state index contributed by atoms with van der Waals surface area (Å²) in [5, 5.41) is 9.12. The maximum Gasteiger partial charge on any atom is 0.339 e. The summed E-state index contributed by atoms with van der Waals surface area (Å²) < 4.78 is 11.7. The molecule has 0 radical (unpaired) electrons. The Morgan fingerprint density at radius 3 is 3.05 bits per heavy atom. The molecule has 1 saturated carbocycles. The van der Waals surface area contributed by atoms with Crippen LogP contribution in [-0.2, 0) is 4.74 Å². The lowest BCUT2D eigenvalue weighted by Gasteiger charge is -2.46. The van der Waals surface area contributed by atoms with Gasteiger partial charge in [0.2, 0.25) is 0 Å². The van der Waals surface area contributed by atoms with Crippen molar-refractivity contribution in [1.29, 1.82) is 0 Å². The average molecular weight is 263 g/mol. The minimum absolute atomic E-state index is 0.00544. The van der Waals surface area contributed by atoms with Crippen LogP contribution in [0.15, 0.2) is 18.5 Å². The van der Waals surface area contributed by atoms with Crippen molar-refractivity contribution in [3.05, 3.63) is 24.0 Å². The molecule has 1 aliphatic heterocycles. The van der Waals surface area contributed by atoms with Gasteiger partial charge in [-0.05, 0) is 25.3 Å². The number of aromatic nitrogens is 1. The first-order chi connectivity index (χ1) is 9.19. The molecule has 5 nitrogen and oxygen atoms in total. The summed E-state index contributed by atoms with van der Waals surface area (Å²) in [5.74, 6) is -0.626. The maximum atomic E-state index is 11.1. The number of carbonyl (C=O) groups is 1. The van der Waals surface area contributed by atoms with E-state index in [0.717, 1.165) is 25.7 Å². The van der Waals surface area contributed by atoms with Gasteiger partial charge in [-0.2, -0.15) is 0 Å². The first-order valence-electron chi connectivity index (χ1n) is 6.66. The van der Waals surface area contributed by atoms with Gasteiger partial charge in [0.25, 0.3) is 0 Å². The largest absolute Gasteiger partial charge is 0.488 e. The quantitative estimate of drug-likeness (QED) is 0.905. The molecule has 0 amide bonds. The van der Waals surface area contributed by atoms with Gasteiger partial charge in [-0.1, -0.05) is 0 Å². The van der Waals surface area contributed by atoms with Gasteiger partial charge in [-0.3, -0.25) is 4.98 Å². The molecule has 0 aromatic carbocycles. The van der Waals surface area contributed by atoms with E-state index in [4.69, 9.17) is 14.6 Å². The summed E-state index contributed by atoms with van der Waals surface area (Å²) >= 11 is 0. The van der Waals surface area contributed by atoms with E-state index in [9.17, 15) is 4.79 Å². The van der Waals surface area contributed by atoms with Crippen LogP contribution in [0.2, 0.25) is 0 Å². The standard InChI is InChI=1S/C14H17NO4/c16-13(17)11-2-6-15-9-12(11)19-10-3-7-18-14(8-10)4-1-5-14/h2,6,9-10H,1,3-5,7-8H2,(H,16,17). The summed E-state index contributed by atoms with van der Waals surface area (Å²) in [6.07, 6.45) is 8.00. The minimum atomic E-state index is -0.984. The zero-order chi connectivity index (χ0) is 13.3. The van der Waals surface area contributed by atoms with E-state index >= 15 is 0 Å². The van der Waals surface area contributed by atoms with Crippen molar-refractivity contribution in [3.63, 3.8) is 0 Å². The highest BCUT2D eigenvalue weighted by atomic mass is 16.5.